The van der Waals surface area contributed by atoms with Gasteiger partial charge < -0.3 is 10.8 Å². The molecule has 0 aliphatic carbocycles. The highest BCUT2D eigenvalue weighted by Gasteiger charge is 2.39. The first-order chi connectivity index (χ1) is 12.4. The molecule has 3 N–H and O–H groups in total. The number of rotatable bonds is 12. The quantitative estimate of drug-likeness (QED) is 0.195. The van der Waals surface area contributed by atoms with Crippen LogP contribution in [-0.4, -0.2) is 41.8 Å². The molecule has 0 aromatic heterocycles. The SMILES string of the molecule is CC=C(CCC(F)F)C(O)C(C(C)C(CC(C)Cl)=NCCCN)C(C)(C)C. The molecule has 4 atom stereocenters. The van der Waals surface area contributed by atoms with E-state index in [0.29, 0.717) is 25.1 Å². The van der Waals surface area contributed by atoms with Gasteiger partial charge in [-0.25, -0.2) is 8.78 Å². The normalized spacial score (nSPS) is 18.5. The van der Waals surface area contributed by atoms with Gasteiger partial charge in [-0.1, -0.05) is 33.8 Å². The van der Waals surface area contributed by atoms with Crippen molar-refractivity contribution in [1.29, 1.82) is 0 Å². The molecule has 0 saturated carbocycles. The number of hydrogen-bond acceptors (Lipinski definition) is 3. The first kappa shape index (κ1) is 26.5. The Kier molecular flexibility index (Phi) is 12.6. The fraction of sp³-hybridized carbons (Fsp3) is 0.857. The Bertz CT molecular complexity index is 473. The molecule has 6 heteroatoms. The number of aliphatic imine (C=N–C) groups is 1. The second-order valence-corrected chi connectivity index (χ2v) is 9.16. The Morgan fingerprint density at radius 2 is 1.85 bits per heavy atom. The Morgan fingerprint density at radius 3 is 2.26 bits per heavy atom. The van der Waals surface area contributed by atoms with Crippen LogP contribution in [0.15, 0.2) is 16.6 Å². The summed E-state index contributed by atoms with van der Waals surface area (Å²) in [6.45, 7) is 13.2. The Morgan fingerprint density at radius 1 is 1.26 bits per heavy atom. The summed E-state index contributed by atoms with van der Waals surface area (Å²) in [5.41, 5.74) is 6.98. The second kappa shape index (κ2) is 12.8. The minimum Gasteiger partial charge on any atom is -0.388 e. The minimum absolute atomic E-state index is 0.0273. The summed E-state index contributed by atoms with van der Waals surface area (Å²) < 4.78 is 25.4. The Balaban J connectivity index is 5.70. The lowest BCUT2D eigenvalue weighted by atomic mass is 9.67. The van der Waals surface area contributed by atoms with Crippen molar-refractivity contribution in [3.63, 3.8) is 0 Å². The molecule has 0 fully saturated rings. The van der Waals surface area contributed by atoms with Gasteiger partial charge in [-0.15, -0.1) is 11.6 Å². The van der Waals surface area contributed by atoms with Gasteiger partial charge in [0.05, 0.1) is 6.10 Å². The van der Waals surface area contributed by atoms with E-state index < -0.39 is 12.5 Å². The molecule has 4 unspecified atom stereocenters. The third-order valence-corrected chi connectivity index (χ3v) is 5.13. The van der Waals surface area contributed by atoms with Gasteiger partial charge in [-0.3, -0.25) is 4.99 Å². The van der Waals surface area contributed by atoms with E-state index in [0.717, 1.165) is 12.1 Å². The van der Waals surface area contributed by atoms with E-state index in [1.54, 1.807) is 13.0 Å². The maximum absolute atomic E-state index is 12.7. The molecule has 0 aromatic carbocycles. The third kappa shape index (κ3) is 10.00. The van der Waals surface area contributed by atoms with E-state index in [1.807, 2.05) is 6.92 Å². The first-order valence-electron chi connectivity index (χ1n) is 9.94. The van der Waals surface area contributed by atoms with Gasteiger partial charge in [-0.2, -0.15) is 0 Å². The van der Waals surface area contributed by atoms with E-state index in [9.17, 15) is 13.9 Å². The van der Waals surface area contributed by atoms with Crippen molar-refractivity contribution in [2.45, 2.75) is 85.1 Å². The van der Waals surface area contributed by atoms with Crippen LogP contribution >= 0.6 is 11.6 Å². The molecule has 0 aliphatic heterocycles. The zero-order chi connectivity index (χ0) is 21.2. The lowest BCUT2D eigenvalue weighted by Gasteiger charge is -2.40. The van der Waals surface area contributed by atoms with E-state index in [2.05, 4.69) is 27.7 Å². The maximum Gasteiger partial charge on any atom is 0.238 e. The molecular weight excluding hydrogens is 370 g/mol. The van der Waals surface area contributed by atoms with Crippen molar-refractivity contribution in [1.82, 2.24) is 0 Å². The van der Waals surface area contributed by atoms with Gasteiger partial charge in [0.25, 0.3) is 0 Å². The maximum atomic E-state index is 12.7. The van der Waals surface area contributed by atoms with Crippen LogP contribution in [0.25, 0.3) is 0 Å². The summed E-state index contributed by atoms with van der Waals surface area (Å²) in [6.07, 6.45) is -0.0113. The van der Waals surface area contributed by atoms with Gasteiger partial charge in [0.1, 0.15) is 0 Å². The number of allylic oxidation sites excluding steroid dienone is 1. The van der Waals surface area contributed by atoms with Gasteiger partial charge in [0, 0.05) is 42.3 Å². The smallest absolute Gasteiger partial charge is 0.238 e. The van der Waals surface area contributed by atoms with Crippen LogP contribution in [0.1, 0.15) is 67.2 Å². The van der Waals surface area contributed by atoms with Gasteiger partial charge >= 0.3 is 0 Å². The van der Waals surface area contributed by atoms with E-state index in [4.69, 9.17) is 22.3 Å². The van der Waals surface area contributed by atoms with Crippen molar-refractivity contribution in [3.8, 4) is 0 Å². The molecule has 0 rings (SSSR count). The van der Waals surface area contributed by atoms with Crippen LogP contribution in [0.4, 0.5) is 8.78 Å². The molecule has 0 radical (unpaired) electrons. The minimum atomic E-state index is -2.37. The average molecular weight is 409 g/mol. The summed E-state index contributed by atoms with van der Waals surface area (Å²) >= 11 is 6.24. The van der Waals surface area contributed by atoms with Crippen molar-refractivity contribution in [2.75, 3.05) is 13.1 Å². The fourth-order valence-electron chi connectivity index (χ4n) is 3.67. The zero-order valence-electron chi connectivity index (χ0n) is 17.8. The molecule has 0 saturated heterocycles. The van der Waals surface area contributed by atoms with Crippen LogP contribution < -0.4 is 5.73 Å². The standard InChI is InChI=1S/C21H39ClF2N2O/c1-7-16(9-10-18(23)24)20(27)19(21(4,5)6)15(3)17(13-14(2)22)26-12-8-11-25/h7,14-15,18-20,27H,8-13,25H2,1-6H3. The van der Waals surface area contributed by atoms with E-state index >= 15 is 0 Å². The predicted molar refractivity (Wildman–Crippen MR) is 113 cm³/mol. The molecule has 0 spiro atoms. The summed E-state index contributed by atoms with van der Waals surface area (Å²) in [5.74, 6) is -0.186. The monoisotopic (exact) mass is 408 g/mol. The van der Waals surface area contributed by atoms with E-state index in [1.165, 1.54) is 0 Å². The molecule has 3 nitrogen and oxygen atoms in total. The molecular formula is C21H39ClF2N2O. The lowest BCUT2D eigenvalue weighted by Crippen LogP contribution is -2.41. The third-order valence-electron chi connectivity index (χ3n) is 4.97. The first-order valence-corrected chi connectivity index (χ1v) is 10.4. The van der Waals surface area contributed by atoms with Crippen LogP contribution in [0.3, 0.4) is 0 Å². The summed E-state index contributed by atoms with van der Waals surface area (Å²) in [6, 6.07) is 0. The number of alkyl halides is 3. The number of nitrogens with two attached hydrogens (primary N) is 1. The Hall–Kier alpha value is -0.520. The number of nitrogens with zero attached hydrogens (tertiary/aromatic N) is 1. The topological polar surface area (TPSA) is 58.6 Å². The average Bonchev–Trinajstić information content (AvgIpc) is 2.52. The van der Waals surface area contributed by atoms with Crippen LogP contribution in [0.5, 0.6) is 0 Å². The van der Waals surface area contributed by atoms with Crippen molar-refractivity contribution in [3.05, 3.63) is 11.6 Å². The molecule has 0 bridgehead atoms. The Labute approximate surface area is 169 Å². The highest BCUT2D eigenvalue weighted by Crippen LogP contribution is 2.39. The van der Waals surface area contributed by atoms with Gasteiger partial charge in [0.2, 0.25) is 6.43 Å². The zero-order valence-corrected chi connectivity index (χ0v) is 18.6. The molecule has 0 aromatic rings. The molecule has 0 heterocycles. The fourth-order valence-corrected chi connectivity index (χ4v) is 3.83. The number of aliphatic hydroxyl groups excluding tert-OH is 1. The number of hydrogen-bond donors (Lipinski definition) is 2. The van der Waals surface area contributed by atoms with Crippen molar-refractivity contribution in [2.24, 2.45) is 28.0 Å². The van der Waals surface area contributed by atoms with Crippen LogP contribution in [-0.2, 0) is 0 Å². The highest BCUT2D eigenvalue weighted by atomic mass is 35.5. The lowest BCUT2D eigenvalue weighted by molar-refractivity contribution is 0.0442. The molecule has 0 amide bonds. The van der Waals surface area contributed by atoms with E-state index in [-0.39, 0.29) is 35.5 Å². The highest BCUT2D eigenvalue weighted by molar-refractivity contribution is 6.21. The predicted octanol–water partition coefficient (Wildman–Crippen LogP) is 5.44. The molecule has 27 heavy (non-hydrogen) atoms. The van der Waals surface area contributed by atoms with Crippen molar-refractivity contribution >= 4 is 17.3 Å². The van der Waals surface area contributed by atoms with Gasteiger partial charge in [0.15, 0.2) is 0 Å². The molecule has 160 valence electrons. The van der Waals surface area contributed by atoms with Crippen molar-refractivity contribution < 1.29 is 13.9 Å². The van der Waals surface area contributed by atoms with Crippen LogP contribution in [0.2, 0.25) is 0 Å². The number of aliphatic hydroxyl groups is 1. The second-order valence-electron chi connectivity index (χ2n) is 8.42. The number of halogens is 3. The summed E-state index contributed by atoms with van der Waals surface area (Å²) in [5, 5.41) is 11.1. The largest absolute Gasteiger partial charge is 0.388 e. The summed E-state index contributed by atoms with van der Waals surface area (Å²) in [7, 11) is 0. The summed E-state index contributed by atoms with van der Waals surface area (Å²) in [4.78, 5) is 4.73. The van der Waals surface area contributed by atoms with Crippen LogP contribution in [0, 0.1) is 17.3 Å². The molecule has 0 aliphatic rings. The van der Waals surface area contributed by atoms with Gasteiger partial charge in [-0.05, 0) is 44.2 Å².